The standard InChI is InChI=1S/C20H19FN4O2/c1-13-7-8-15(11-18(13)21)20(27)24-17-6-3-5-16(12-17)23-19(26)14(2)25-10-4-9-22-25/h3-12,14H,1-2H3,(H,23,26)(H,24,27)/t14-/m0/s1. The van der Waals surface area contributed by atoms with E-state index in [-0.39, 0.29) is 11.5 Å². The van der Waals surface area contributed by atoms with Crippen LogP contribution in [-0.4, -0.2) is 21.6 Å². The number of carbonyl (C=O) groups excluding carboxylic acids is 2. The molecule has 2 aromatic carbocycles. The molecule has 0 bridgehead atoms. The van der Waals surface area contributed by atoms with E-state index >= 15 is 0 Å². The van der Waals surface area contributed by atoms with Crippen LogP contribution in [0, 0.1) is 12.7 Å². The molecule has 2 N–H and O–H groups in total. The summed E-state index contributed by atoms with van der Waals surface area (Å²) in [5.74, 6) is -1.10. The Morgan fingerprint density at radius 1 is 1.07 bits per heavy atom. The molecule has 3 rings (SSSR count). The number of aryl methyl sites for hydroxylation is 1. The number of hydrogen-bond acceptors (Lipinski definition) is 3. The molecule has 0 saturated heterocycles. The van der Waals surface area contributed by atoms with Crippen LogP contribution in [-0.2, 0) is 4.79 Å². The molecule has 7 heteroatoms. The van der Waals surface area contributed by atoms with Gasteiger partial charge in [0.25, 0.3) is 5.91 Å². The van der Waals surface area contributed by atoms with E-state index in [1.165, 1.54) is 6.07 Å². The van der Waals surface area contributed by atoms with Gasteiger partial charge in [-0.25, -0.2) is 4.39 Å². The number of anilines is 2. The maximum Gasteiger partial charge on any atom is 0.255 e. The first-order valence-corrected chi connectivity index (χ1v) is 8.41. The average Bonchev–Trinajstić information content (AvgIpc) is 3.18. The molecule has 0 fully saturated rings. The predicted molar refractivity (Wildman–Crippen MR) is 101 cm³/mol. The summed E-state index contributed by atoms with van der Waals surface area (Å²) in [5, 5.41) is 9.54. The molecule has 3 aromatic rings. The van der Waals surface area contributed by atoms with Crippen LogP contribution in [0.2, 0.25) is 0 Å². The van der Waals surface area contributed by atoms with Gasteiger partial charge in [0, 0.05) is 29.3 Å². The molecule has 1 atom stereocenters. The van der Waals surface area contributed by atoms with Crippen LogP contribution in [0.3, 0.4) is 0 Å². The highest BCUT2D eigenvalue weighted by atomic mass is 19.1. The maximum atomic E-state index is 13.6. The van der Waals surface area contributed by atoms with Gasteiger partial charge in [0.15, 0.2) is 0 Å². The number of carbonyl (C=O) groups is 2. The van der Waals surface area contributed by atoms with E-state index in [4.69, 9.17) is 0 Å². The first-order valence-electron chi connectivity index (χ1n) is 8.41. The highest BCUT2D eigenvalue weighted by molar-refractivity contribution is 6.04. The Labute approximate surface area is 156 Å². The van der Waals surface area contributed by atoms with Crippen molar-refractivity contribution in [3.8, 4) is 0 Å². The van der Waals surface area contributed by atoms with Crippen LogP contribution in [0.15, 0.2) is 60.9 Å². The molecule has 6 nitrogen and oxygen atoms in total. The summed E-state index contributed by atoms with van der Waals surface area (Å²) in [5.41, 5.74) is 1.72. The van der Waals surface area contributed by atoms with E-state index in [0.717, 1.165) is 0 Å². The van der Waals surface area contributed by atoms with E-state index in [0.29, 0.717) is 16.9 Å². The summed E-state index contributed by atoms with van der Waals surface area (Å²) in [6.45, 7) is 3.37. The number of aromatic nitrogens is 2. The molecule has 2 amide bonds. The minimum absolute atomic E-state index is 0.222. The van der Waals surface area contributed by atoms with Gasteiger partial charge in [-0.05, 0) is 55.8 Å². The Bertz CT molecular complexity index is 970. The molecule has 0 spiro atoms. The lowest BCUT2D eigenvalue weighted by molar-refractivity contribution is -0.119. The van der Waals surface area contributed by atoms with Crippen molar-refractivity contribution in [2.45, 2.75) is 19.9 Å². The third-order valence-corrected chi connectivity index (χ3v) is 4.12. The van der Waals surface area contributed by atoms with E-state index in [2.05, 4.69) is 15.7 Å². The van der Waals surface area contributed by atoms with Crippen LogP contribution in [0.1, 0.15) is 28.9 Å². The summed E-state index contributed by atoms with van der Waals surface area (Å²) >= 11 is 0. The van der Waals surface area contributed by atoms with Crippen LogP contribution >= 0.6 is 0 Å². The molecule has 138 valence electrons. The second-order valence-corrected chi connectivity index (χ2v) is 6.15. The highest BCUT2D eigenvalue weighted by Gasteiger charge is 2.15. The minimum Gasteiger partial charge on any atom is -0.324 e. The lowest BCUT2D eigenvalue weighted by atomic mass is 10.1. The summed E-state index contributed by atoms with van der Waals surface area (Å²) < 4.78 is 15.2. The zero-order valence-corrected chi connectivity index (χ0v) is 14.9. The smallest absolute Gasteiger partial charge is 0.255 e. The van der Waals surface area contributed by atoms with Gasteiger partial charge in [-0.3, -0.25) is 14.3 Å². The van der Waals surface area contributed by atoms with Gasteiger partial charge in [-0.1, -0.05) is 12.1 Å². The molecule has 0 aliphatic carbocycles. The molecule has 0 aliphatic rings. The number of halogens is 1. The van der Waals surface area contributed by atoms with Crippen molar-refractivity contribution in [1.29, 1.82) is 0 Å². The molecular formula is C20H19FN4O2. The van der Waals surface area contributed by atoms with Gasteiger partial charge in [0.2, 0.25) is 5.91 Å². The number of hydrogen-bond donors (Lipinski definition) is 2. The topological polar surface area (TPSA) is 76.0 Å². The molecule has 0 aliphatic heterocycles. The van der Waals surface area contributed by atoms with Crippen molar-refractivity contribution in [2.24, 2.45) is 0 Å². The van der Waals surface area contributed by atoms with Crippen LogP contribution in [0.5, 0.6) is 0 Å². The van der Waals surface area contributed by atoms with Gasteiger partial charge in [0.1, 0.15) is 11.9 Å². The lowest BCUT2D eigenvalue weighted by Gasteiger charge is -2.13. The second-order valence-electron chi connectivity index (χ2n) is 6.15. The quantitative estimate of drug-likeness (QED) is 0.721. The van der Waals surface area contributed by atoms with Gasteiger partial charge < -0.3 is 10.6 Å². The third-order valence-electron chi connectivity index (χ3n) is 4.12. The van der Waals surface area contributed by atoms with E-state index in [1.807, 2.05) is 0 Å². The van der Waals surface area contributed by atoms with Gasteiger partial charge in [-0.2, -0.15) is 5.10 Å². The van der Waals surface area contributed by atoms with Gasteiger partial charge in [0.05, 0.1) is 0 Å². The normalized spacial score (nSPS) is 11.7. The Morgan fingerprint density at radius 2 is 1.81 bits per heavy atom. The van der Waals surface area contributed by atoms with E-state index in [1.54, 1.807) is 73.4 Å². The zero-order chi connectivity index (χ0) is 19.4. The van der Waals surface area contributed by atoms with Crippen LogP contribution < -0.4 is 10.6 Å². The largest absolute Gasteiger partial charge is 0.324 e. The van der Waals surface area contributed by atoms with Crippen LogP contribution in [0.25, 0.3) is 0 Å². The summed E-state index contributed by atoms with van der Waals surface area (Å²) in [7, 11) is 0. The molecule has 0 saturated carbocycles. The first kappa shape index (κ1) is 18.3. The number of rotatable bonds is 5. The number of benzene rings is 2. The Hall–Kier alpha value is -3.48. The lowest BCUT2D eigenvalue weighted by Crippen LogP contribution is -2.24. The maximum absolute atomic E-state index is 13.6. The number of amides is 2. The molecular weight excluding hydrogens is 347 g/mol. The fraction of sp³-hybridized carbons (Fsp3) is 0.150. The first-order chi connectivity index (χ1) is 12.9. The number of nitrogens with zero attached hydrogens (tertiary/aromatic N) is 2. The molecule has 27 heavy (non-hydrogen) atoms. The summed E-state index contributed by atoms with van der Waals surface area (Å²) in [4.78, 5) is 24.6. The Morgan fingerprint density at radius 3 is 2.48 bits per heavy atom. The summed E-state index contributed by atoms with van der Waals surface area (Å²) in [6, 6.07) is 12.3. The van der Waals surface area contributed by atoms with Crippen molar-refractivity contribution in [1.82, 2.24) is 9.78 Å². The monoisotopic (exact) mass is 366 g/mol. The third kappa shape index (κ3) is 4.38. The predicted octanol–water partition coefficient (Wildman–Crippen LogP) is 3.78. The van der Waals surface area contributed by atoms with Crippen molar-refractivity contribution < 1.29 is 14.0 Å². The Balaban J connectivity index is 1.69. The molecule has 1 aromatic heterocycles. The fourth-order valence-corrected chi connectivity index (χ4v) is 2.49. The van der Waals surface area contributed by atoms with Crippen molar-refractivity contribution in [2.75, 3.05) is 10.6 Å². The second kappa shape index (κ2) is 7.82. The average molecular weight is 366 g/mol. The molecule has 1 heterocycles. The van der Waals surface area contributed by atoms with Crippen molar-refractivity contribution >= 4 is 23.2 Å². The SMILES string of the molecule is Cc1ccc(C(=O)Nc2cccc(NC(=O)[C@H](C)n3cccn3)c2)cc1F. The van der Waals surface area contributed by atoms with Gasteiger partial charge in [-0.15, -0.1) is 0 Å². The Kier molecular flexibility index (Phi) is 5.30. The molecule has 0 unspecified atom stereocenters. The molecule has 0 radical (unpaired) electrons. The van der Waals surface area contributed by atoms with Gasteiger partial charge >= 0.3 is 0 Å². The zero-order valence-electron chi connectivity index (χ0n) is 14.9. The van der Waals surface area contributed by atoms with Crippen molar-refractivity contribution in [3.63, 3.8) is 0 Å². The highest BCUT2D eigenvalue weighted by Crippen LogP contribution is 2.18. The minimum atomic E-state index is -0.478. The van der Waals surface area contributed by atoms with Crippen LogP contribution in [0.4, 0.5) is 15.8 Å². The van der Waals surface area contributed by atoms with E-state index in [9.17, 15) is 14.0 Å². The van der Waals surface area contributed by atoms with E-state index < -0.39 is 17.8 Å². The number of nitrogens with one attached hydrogen (secondary N) is 2. The fourth-order valence-electron chi connectivity index (χ4n) is 2.49. The summed E-state index contributed by atoms with van der Waals surface area (Å²) in [6.07, 6.45) is 3.31. The van der Waals surface area contributed by atoms with Crippen molar-refractivity contribution in [3.05, 3.63) is 77.9 Å².